The molecule has 0 spiro atoms. The second kappa shape index (κ2) is 7.84. The molecule has 11 aromatic rings. The molecule has 46 heavy (non-hydrogen) atoms. The number of hydrogen-bond acceptors (Lipinski definition) is 3. The van der Waals surface area contributed by atoms with Gasteiger partial charge in [0.2, 0.25) is 5.95 Å². The molecule has 5 heterocycles. The number of pyridine rings is 1. The number of nitrogens with zero attached hydrogens (tertiary/aromatic N) is 5. The minimum Gasteiger partial charge on any atom is -0.308 e. The molecule has 0 saturated carbocycles. The Morgan fingerprint density at radius 1 is 0.457 bits per heavy atom. The first-order chi connectivity index (χ1) is 22.8. The molecule has 0 amide bonds. The average molecular weight is 584 g/mol. The van der Waals surface area contributed by atoms with Gasteiger partial charge >= 0.3 is 0 Å². The number of rotatable bonds is 1. The number of benzene rings is 6. The second-order valence-corrected chi connectivity index (χ2v) is 12.4. The molecule has 1 aliphatic rings. The molecular weight excluding hydrogens is 562 g/mol. The monoisotopic (exact) mass is 583 g/mol. The van der Waals surface area contributed by atoms with Gasteiger partial charge in [0.15, 0.2) is 5.65 Å². The van der Waals surface area contributed by atoms with Crippen molar-refractivity contribution < 1.29 is 0 Å². The van der Waals surface area contributed by atoms with Gasteiger partial charge in [-0.25, -0.2) is 9.97 Å². The van der Waals surface area contributed by atoms with Gasteiger partial charge in [-0.05, 0) is 40.8 Å². The van der Waals surface area contributed by atoms with Gasteiger partial charge < -0.3 is 4.40 Å². The fourth-order valence-electron chi connectivity index (χ4n) is 8.45. The molecule has 0 aliphatic heterocycles. The highest BCUT2D eigenvalue weighted by molar-refractivity contribution is 6.35. The summed E-state index contributed by atoms with van der Waals surface area (Å²) in [6.07, 6.45) is 1.87. The van der Waals surface area contributed by atoms with Crippen LogP contribution in [0, 0.1) is 0 Å². The van der Waals surface area contributed by atoms with Crippen LogP contribution in [0.2, 0.25) is 0 Å². The highest BCUT2D eigenvalue weighted by atomic mass is 15.2. The molecule has 0 unspecified atom stereocenters. The van der Waals surface area contributed by atoms with Crippen molar-refractivity contribution >= 4 is 81.7 Å². The lowest BCUT2D eigenvalue weighted by Gasteiger charge is -2.11. The topological polar surface area (TPSA) is 48.0 Å². The normalized spacial score (nSPS) is 12.8. The van der Waals surface area contributed by atoms with Crippen molar-refractivity contribution in [2.24, 2.45) is 0 Å². The third-order valence-corrected chi connectivity index (χ3v) is 10.2. The standard InChI is InChI=1S/C41H21N5/c1-2-10-23-22(9-1)17-18-28-31-21-30-25-12-5-7-15-32(25)45-33-16-8-6-14-29(33)35(38(30)45)39(31)46(37(23)28)41-43-36-27-13-4-3-11-24(27)26-19-20-42-40(44-41)34(26)36/h1-21H. The average Bonchev–Trinajstić information content (AvgIpc) is 3.83. The number of para-hydroxylation sites is 2. The zero-order valence-corrected chi connectivity index (χ0v) is 24.4. The van der Waals surface area contributed by atoms with E-state index >= 15 is 0 Å². The molecule has 0 fully saturated rings. The molecule has 1 aliphatic carbocycles. The quantitative estimate of drug-likeness (QED) is 0.193. The van der Waals surface area contributed by atoms with Crippen LogP contribution >= 0.6 is 0 Å². The Morgan fingerprint density at radius 3 is 2.07 bits per heavy atom. The summed E-state index contributed by atoms with van der Waals surface area (Å²) < 4.78 is 4.77. The molecule has 0 radical (unpaired) electrons. The Labute approximate surface area is 260 Å². The molecule has 5 aromatic heterocycles. The molecule has 210 valence electrons. The van der Waals surface area contributed by atoms with Crippen molar-refractivity contribution in [3.05, 3.63) is 128 Å². The molecular formula is C41H21N5. The number of aromatic nitrogens is 5. The van der Waals surface area contributed by atoms with E-state index in [9.17, 15) is 0 Å². The Balaban J connectivity index is 1.38. The highest BCUT2D eigenvalue weighted by Crippen LogP contribution is 2.49. The zero-order valence-electron chi connectivity index (χ0n) is 24.4. The maximum Gasteiger partial charge on any atom is 0.237 e. The highest BCUT2D eigenvalue weighted by Gasteiger charge is 2.29. The molecule has 0 atom stereocenters. The summed E-state index contributed by atoms with van der Waals surface area (Å²) >= 11 is 0. The van der Waals surface area contributed by atoms with Crippen molar-refractivity contribution in [1.29, 1.82) is 0 Å². The first-order valence-electron chi connectivity index (χ1n) is 15.6. The summed E-state index contributed by atoms with van der Waals surface area (Å²) in [4.78, 5) is 15.5. The lowest BCUT2D eigenvalue weighted by molar-refractivity contribution is 1.01. The van der Waals surface area contributed by atoms with E-state index in [1.54, 1.807) is 0 Å². The SMILES string of the molecule is c1ccc2c(c1)-c1ccnc3nc(-n4c5c6ccccc6ccc5c5cc6c7ccccc7n7c8ccccc8c(c54)c67)nc-2c13. The minimum absolute atomic E-state index is 0.642. The summed E-state index contributed by atoms with van der Waals surface area (Å²) in [5.74, 6) is 0.642. The first-order valence-corrected chi connectivity index (χ1v) is 15.6. The lowest BCUT2D eigenvalue weighted by atomic mass is 10.0. The van der Waals surface area contributed by atoms with Gasteiger partial charge in [0.1, 0.15) is 0 Å². The largest absolute Gasteiger partial charge is 0.308 e. The van der Waals surface area contributed by atoms with E-state index < -0.39 is 0 Å². The fourth-order valence-corrected chi connectivity index (χ4v) is 8.45. The zero-order chi connectivity index (χ0) is 29.7. The van der Waals surface area contributed by atoms with Crippen LogP contribution in [0.15, 0.2) is 128 Å². The van der Waals surface area contributed by atoms with E-state index in [1.807, 2.05) is 6.20 Å². The van der Waals surface area contributed by atoms with Gasteiger partial charge in [0.25, 0.3) is 0 Å². The van der Waals surface area contributed by atoms with E-state index in [4.69, 9.17) is 15.0 Å². The Morgan fingerprint density at radius 2 is 1.17 bits per heavy atom. The predicted molar refractivity (Wildman–Crippen MR) is 188 cm³/mol. The van der Waals surface area contributed by atoms with E-state index in [0.717, 1.165) is 38.9 Å². The molecule has 0 bridgehead atoms. The number of fused-ring (bicyclic) bond motifs is 15. The molecule has 0 saturated heterocycles. The van der Waals surface area contributed by atoms with Crippen LogP contribution < -0.4 is 0 Å². The Hall–Kier alpha value is -6.33. The van der Waals surface area contributed by atoms with Crippen molar-refractivity contribution in [1.82, 2.24) is 23.9 Å². The van der Waals surface area contributed by atoms with Gasteiger partial charge in [-0.15, -0.1) is 0 Å². The van der Waals surface area contributed by atoms with Crippen molar-refractivity contribution in [3.63, 3.8) is 0 Å². The van der Waals surface area contributed by atoms with Crippen LogP contribution in [-0.2, 0) is 0 Å². The van der Waals surface area contributed by atoms with Crippen LogP contribution in [-0.4, -0.2) is 23.9 Å². The second-order valence-electron chi connectivity index (χ2n) is 12.4. The summed E-state index contributed by atoms with van der Waals surface area (Å²) in [7, 11) is 0. The predicted octanol–water partition coefficient (Wildman–Crippen LogP) is 10.1. The third-order valence-electron chi connectivity index (χ3n) is 10.2. The molecule has 6 aromatic carbocycles. The smallest absolute Gasteiger partial charge is 0.237 e. The van der Waals surface area contributed by atoms with Crippen molar-refractivity contribution in [2.75, 3.05) is 0 Å². The van der Waals surface area contributed by atoms with Gasteiger partial charge in [-0.3, -0.25) is 4.57 Å². The summed E-state index contributed by atoms with van der Waals surface area (Å²) in [5.41, 5.74) is 11.0. The molecule has 5 nitrogen and oxygen atoms in total. The lowest BCUT2D eigenvalue weighted by Crippen LogP contribution is -2.04. The maximum absolute atomic E-state index is 5.44. The first kappa shape index (κ1) is 23.1. The summed E-state index contributed by atoms with van der Waals surface area (Å²) in [5, 5.41) is 10.8. The fraction of sp³-hybridized carbons (Fsp3) is 0. The maximum atomic E-state index is 5.44. The minimum atomic E-state index is 0.642. The molecule has 5 heteroatoms. The van der Waals surface area contributed by atoms with Gasteiger partial charge in [-0.2, -0.15) is 4.98 Å². The van der Waals surface area contributed by atoms with Gasteiger partial charge in [0.05, 0.1) is 38.7 Å². The molecule has 0 N–H and O–H groups in total. The van der Waals surface area contributed by atoms with Crippen LogP contribution in [0.25, 0.3) is 110 Å². The van der Waals surface area contributed by atoms with Gasteiger partial charge in [0, 0.05) is 49.5 Å². The van der Waals surface area contributed by atoms with Gasteiger partial charge in [-0.1, -0.05) is 97.1 Å². The van der Waals surface area contributed by atoms with Crippen molar-refractivity contribution in [2.45, 2.75) is 0 Å². The van der Waals surface area contributed by atoms with Crippen LogP contribution in [0.1, 0.15) is 0 Å². The third kappa shape index (κ3) is 2.56. The van der Waals surface area contributed by atoms with E-state index in [1.165, 1.54) is 65.2 Å². The Bertz CT molecular complexity index is 3140. The van der Waals surface area contributed by atoms with E-state index in [2.05, 4.69) is 130 Å². The van der Waals surface area contributed by atoms with Crippen LogP contribution in [0.3, 0.4) is 0 Å². The summed E-state index contributed by atoms with van der Waals surface area (Å²) in [6.45, 7) is 0. The summed E-state index contributed by atoms with van der Waals surface area (Å²) in [6, 6.07) is 43.7. The van der Waals surface area contributed by atoms with E-state index in [0.29, 0.717) is 5.95 Å². The van der Waals surface area contributed by atoms with Crippen LogP contribution in [0.5, 0.6) is 0 Å². The molecule has 12 rings (SSSR count). The Kier molecular flexibility index (Phi) is 3.94. The van der Waals surface area contributed by atoms with Crippen LogP contribution in [0.4, 0.5) is 0 Å². The van der Waals surface area contributed by atoms with Crippen molar-refractivity contribution in [3.8, 4) is 28.3 Å². The van der Waals surface area contributed by atoms with E-state index in [-0.39, 0.29) is 0 Å². The number of hydrogen-bond donors (Lipinski definition) is 0.